The first-order valence-electron chi connectivity index (χ1n) is 13.8. The molecule has 41 heavy (non-hydrogen) atoms. The van der Waals surface area contributed by atoms with Gasteiger partial charge >= 0.3 is 0 Å². The highest BCUT2D eigenvalue weighted by molar-refractivity contribution is 6.33. The Balaban J connectivity index is 0.000000759. The van der Waals surface area contributed by atoms with Crippen molar-refractivity contribution in [3.8, 4) is 22.4 Å². The second kappa shape index (κ2) is 17.3. The molecule has 0 fully saturated rings. The minimum Gasteiger partial charge on any atom is -0.381 e. The van der Waals surface area contributed by atoms with Gasteiger partial charge in [0.25, 0.3) is 6.43 Å². The molecule has 4 aromatic rings. The van der Waals surface area contributed by atoms with Crippen LogP contribution in [0.25, 0.3) is 28.0 Å². The quantitative estimate of drug-likeness (QED) is 0.185. The highest BCUT2D eigenvalue weighted by atomic mass is 35.5. The van der Waals surface area contributed by atoms with Gasteiger partial charge in [0.15, 0.2) is 0 Å². The number of imidazole rings is 1. The lowest BCUT2D eigenvalue weighted by atomic mass is 10.0. The molecule has 1 aromatic heterocycles. The van der Waals surface area contributed by atoms with Crippen LogP contribution in [-0.4, -0.2) is 23.3 Å². The minimum atomic E-state index is -2.48. The Bertz CT molecular complexity index is 1410. The molecule has 0 N–H and O–H groups in total. The van der Waals surface area contributed by atoms with Crippen LogP contribution in [0.15, 0.2) is 91.7 Å². The van der Waals surface area contributed by atoms with E-state index in [2.05, 4.69) is 35.8 Å². The van der Waals surface area contributed by atoms with Crippen LogP contribution in [0.3, 0.4) is 0 Å². The van der Waals surface area contributed by atoms with Crippen molar-refractivity contribution < 1.29 is 13.5 Å². The summed E-state index contributed by atoms with van der Waals surface area (Å²) in [4.78, 5) is 4.92. The molecule has 0 saturated carbocycles. The van der Waals surface area contributed by atoms with Crippen molar-refractivity contribution in [3.63, 3.8) is 0 Å². The maximum atomic E-state index is 13.1. The lowest BCUT2D eigenvalue weighted by molar-refractivity contribution is 0.151. The number of ether oxygens (including phenoxy) is 1. The van der Waals surface area contributed by atoms with E-state index in [1.165, 1.54) is 6.07 Å². The lowest BCUT2D eigenvalue weighted by Gasteiger charge is -2.10. The van der Waals surface area contributed by atoms with Crippen molar-refractivity contribution in [1.29, 1.82) is 0 Å². The van der Waals surface area contributed by atoms with E-state index < -0.39 is 6.43 Å². The van der Waals surface area contributed by atoms with Crippen molar-refractivity contribution in [3.05, 3.63) is 119 Å². The first kappa shape index (κ1) is 33.7. The maximum absolute atomic E-state index is 13.1. The summed E-state index contributed by atoms with van der Waals surface area (Å²) in [6.45, 7) is 14.9. The van der Waals surface area contributed by atoms with Crippen molar-refractivity contribution in [2.75, 3.05) is 13.7 Å². The Hall–Kier alpha value is -3.54. The van der Waals surface area contributed by atoms with Crippen molar-refractivity contribution in [2.45, 2.75) is 54.0 Å². The van der Waals surface area contributed by atoms with Gasteiger partial charge in [-0.1, -0.05) is 99.1 Å². The molecule has 0 amide bonds. The molecule has 0 saturated heterocycles. The average Bonchev–Trinajstić information content (AvgIpc) is 3.39. The van der Waals surface area contributed by atoms with Crippen LogP contribution in [0.2, 0.25) is 5.02 Å². The molecule has 3 aromatic carbocycles. The number of halogens is 3. The summed E-state index contributed by atoms with van der Waals surface area (Å²) in [6, 6.07) is 20.5. The van der Waals surface area contributed by atoms with E-state index in [4.69, 9.17) is 16.6 Å². The summed E-state index contributed by atoms with van der Waals surface area (Å²) in [7, 11) is 1.64. The minimum absolute atomic E-state index is 0.0325. The summed E-state index contributed by atoms with van der Waals surface area (Å²) in [5, 5.41) is 0.684. The van der Waals surface area contributed by atoms with Gasteiger partial charge in [-0.05, 0) is 60.2 Å². The van der Waals surface area contributed by atoms with Gasteiger partial charge < -0.3 is 9.30 Å². The molecule has 3 nitrogen and oxygen atoms in total. The van der Waals surface area contributed by atoms with E-state index in [1.807, 2.05) is 75.5 Å². The number of methoxy groups -OCH3 is 1. The van der Waals surface area contributed by atoms with Crippen molar-refractivity contribution >= 4 is 17.2 Å². The summed E-state index contributed by atoms with van der Waals surface area (Å²) in [5.74, 6) is 0.905. The van der Waals surface area contributed by atoms with Crippen LogP contribution in [0.1, 0.15) is 63.1 Å². The monoisotopic (exact) mass is 578 g/mol. The Morgan fingerprint density at radius 3 is 2.32 bits per heavy atom. The predicted molar refractivity (Wildman–Crippen MR) is 171 cm³/mol. The molecule has 0 radical (unpaired) electrons. The molecule has 0 bridgehead atoms. The number of rotatable bonds is 9. The third-order valence-electron chi connectivity index (χ3n) is 6.10. The molecule has 0 aliphatic rings. The van der Waals surface area contributed by atoms with Gasteiger partial charge in [-0.25, -0.2) is 13.8 Å². The zero-order valence-corrected chi connectivity index (χ0v) is 25.7. The van der Waals surface area contributed by atoms with Gasteiger partial charge in [0.2, 0.25) is 0 Å². The van der Waals surface area contributed by atoms with E-state index in [-0.39, 0.29) is 5.56 Å². The van der Waals surface area contributed by atoms with Crippen LogP contribution in [0.5, 0.6) is 0 Å². The van der Waals surface area contributed by atoms with Crippen LogP contribution in [-0.2, 0) is 11.3 Å². The van der Waals surface area contributed by atoms with Crippen molar-refractivity contribution in [2.24, 2.45) is 0 Å². The Morgan fingerprint density at radius 1 is 1.05 bits per heavy atom. The highest BCUT2D eigenvalue weighted by Crippen LogP contribution is 2.31. The first-order valence-corrected chi connectivity index (χ1v) is 14.2. The lowest BCUT2D eigenvalue weighted by Crippen LogP contribution is -2.03. The Kier molecular flexibility index (Phi) is 14.2. The first-order chi connectivity index (χ1) is 19.8. The van der Waals surface area contributed by atoms with Crippen LogP contribution < -0.4 is 0 Å². The summed E-state index contributed by atoms with van der Waals surface area (Å²) in [5.41, 5.74) is 6.78. The van der Waals surface area contributed by atoms with E-state index >= 15 is 0 Å². The standard InChI is InChI=1S/C29H27ClF2N2.C4H8O.C2H6/c1-4-6-20(3)29-33-27(25-14-9-19(2)15-26(25)30)18-34(29)17-21-10-12-22(13-11-21)23-7-5-8-24(16-23)28(31)32;1-3-4-5-2;1-2/h5-16,18,28H,4,17H2,1-3H3;3H,1,4H2,2H3;1-2H3/b20-6+;;. The van der Waals surface area contributed by atoms with E-state index in [0.29, 0.717) is 18.2 Å². The molecule has 0 aliphatic heterocycles. The number of aryl methyl sites for hydroxylation is 1. The second-order valence-corrected chi connectivity index (χ2v) is 9.63. The van der Waals surface area contributed by atoms with Crippen LogP contribution >= 0.6 is 11.6 Å². The molecule has 1 heterocycles. The number of nitrogens with zero attached hydrogens (tertiary/aromatic N) is 2. The molecule has 0 aliphatic carbocycles. The molecule has 218 valence electrons. The summed E-state index contributed by atoms with van der Waals surface area (Å²) < 4.78 is 32.9. The largest absolute Gasteiger partial charge is 0.381 e. The van der Waals surface area contributed by atoms with Gasteiger partial charge in [-0.15, -0.1) is 6.58 Å². The number of allylic oxidation sites excluding steroid dienone is 2. The second-order valence-electron chi connectivity index (χ2n) is 9.22. The van der Waals surface area contributed by atoms with E-state index in [1.54, 1.807) is 25.3 Å². The third-order valence-corrected chi connectivity index (χ3v) is 6.42. The number of benzene rings is 3. The third kappa shape index (κ3) is 9.80. The van der Waals surface area contributed by atoms with Gasteiger partial charge in [0.1, 0.15) is 5.82 Å². The fourth-order valence-electron chi connectivity index (χ4n) is 4.18. The summed E-state index contributed by atoms with van der Waals surface area (Å²) in [6.07, 6.45) is 4.36. The molecule has 0 unspecified atom stereocenters. The fraction of sp³-hybridized carbons (Fsp3) is 0.286. The Labute approximate surface area is 249 Å². The fourth-order valence-corrected chi connectivity index (χ4v) is 4.51. The van der Waals surface area contributed by atoms with Gasteiger partial charge in [-0.2, -0.15) is 0 Å². The number of alkyl halides is 2. The average molecular weight is 579 g/mol. The SMILES string of the molecule is C=CCOC.CC.CC/C=C(\C)c1nc(-c2ccc(C)cc2Cl)cn1Cc1ccc(-c2cccc(C(F)F)c2)cc1. The molecule has 4 rings (SSSR count). The normalized spacial score (nSPS) is 10.9. The van der Waals surface area contributed by atoms with Crippen LogP contribution in [0, 0.1) is 6.92 Å². The van der Waals surface area contributed by atoms with Crippen molar-refractivity contribution in [1.82, 2.24) is 9.55 Å². The molecule has 6 heteroatoms. The van der Waals surface area contributed by atoms with E-state index in [9.17, 15) is 8.78 Å². The highest BCUT2D eigenvalue weighted by Gasteiger charge is 2.14. The Morgan fingerprint density at radius 2 is 1.76 bits per heavy atom. The number of hydrogen-bond acceptors (Lipinski definition) is 2. The smallest absolute Gasteiger partial charge is 0.263 e. The molecule has 0 spiro atoms. The number of aromatic nitrogens is 2. The molecular formula is C35H41ClF2N2O. The molecule has 0 atom stereocenters. The summed E-state index contributed by atoms with van der Waals surface area (Å²) >= 11 is 6.52. The zero-order valence-electron chi connectivity index (χ0n) is 24.9. The van der Waals surface area contributed by atoms with Gasteiger partial charge in [0.05, 0.1) is 17.3 Å². The van der Waals surface area contributed by atoms with E-state index in [0.717, 1.165) is 51.3 Å². The molecular weight excluding hydrogens is 538 g/mol. The van der Waals surface area contributed by atoms with Gasteiger partial charge in [-0.3, -0.25) is 0 Å². The van der Waals surface area contributed by atoms with Gasteiger partial charge in [0, 0.05) is 31.0 Å². The zero-order chi connectivity index (χ0) is 30.4. The predicted octanol–water partition coefficient (Wildman–Crippen LogP) is 10.8. The number of hydrogen-bond donors (Lipinski definition) is 0. The topological polar surface area (TPSA) is 27.1 Å². The van der Waals surface area contributed by atoms with Crippen LogP contribution in [0.4, 0.5) is 8.78 Å². The maximum Gasteiger partial charge on any atom is 0.263 e.